The van der Waals surface area contributed by atoms with Gasteiger partial charge in [-0.1, -0.05) is 48.6 Å². The van der Waals surface area contributed by atoms with E-state index in [1.165, 1.54) is 5.56 Å². The van der Waals surface area contributed by atoms with Gasteiger partial charge in [0.15, 0.2) is 0 Å². The molecule has 1 atom stereocenters. The Labute approximate surface area is 98.9 Å². The van der Waals surface area contributed by atoms with Crippen LogP contribution in [-0.2, 0) is 0 Å². The Balaban J connectivity index is 2.20. The highest BCUT2D eigenvalue weighted by atomic mass is 14.9. The predicted molar refractivity (Wildman–Crippen MR) is 72.4 cm³/mol. The van der Waals surface area contributed by atoms with Crippen molar-refractivity contribution in [3.63, 3.8) is 0 Å². The van der Waals surface area contributed by atoms with Crippen molar-refractivity contribution >= 4 is 6.08 Å². The maximum absolute atomic E-state index is 3.73. The van der Waals surface area contributed by atoms with E-state index in [4.69, 9.17) is 0 Å². The van der Waals surface area contributed by atoms with Crippen LogP contribution in [0.1, 0.15) is 25.3 Å². The molecule has 0 radical (unpaired) electrons. The molecule has 1 nitrogen and oxygen atoms in total. The largest absolute Gasteiger partial charge is 0.311 e. The molecule has 0 saturated heterocycles. The van der Waals surface area contributed by atoms with E-state index in [-0.39, 0.29) is 0 Å². The van der Waals surface area contributed by atoms with Crippen LogP contribution in [0.25, 0.3) is 6.08 Å². The van der Waals surface area contributed by atoms with Crippen LogP contribution in [0, 0.1) is 0 Å². The summed E-state index contributed by atoms with van der Waals surface area (Å²) in [7, 11) is 0. The number of allylic oxidation sites excluding steroid dienone is 1. The van der Waals surface area contributed by atoms with E-state index < -0.39 is 0 Å². The van der Waals surface area contributed by atoms with E-state index in [1.807, 2.05) is 12.1 Å². The maximum Gasteiger partial charge on any atom is 0.0140 e. The van der Waals surface area contributed by atoms with Gasteiger partial charge in [-0.25, -0.2) is 0 Å². The Morgan fingerprint density at radius 2 is 2.06 bits per heavy atom. The minimum atomic E-state index is 0.554. The Kier molecular flexibility index (Phi) is 6.28. The van der Waals surface area contributed by atoms with Crippen LogP contribution in [0.2, 0.25) is 0 Å². The van der Waals surface area contributed by atoms with Gasteiger partial charge in [-0.15, -0.1) is 6.58 Å². The molecular formula is C15H21N. The van der Waals surface area contributed by atoms with Crippen molar-refractivity contribution < 1.29 is 0 Å². The molecule has 0 spiro atoms. The van der Waals surface area contributed by atoms with E-state index in [9.17, 15) is 0 Å². The fourth-order valence-electron chi connectivity index (χ4n) is 1.50. The van der Waals surface area contributed by atoms with Crippen LogP contribution in [0.3, 0.4) is 0 Å². The second kappa shape index (κ2) is 7.89. The quantitative estimate of drug-likeness (QED) is 0.685. The molecule has 0 bridgehead atoms. The van der Waals surface area contributed by atoms with E-state index in [0.717, 1.165) is 19.4 Å². The van der Waals surface area contributed by atoms with Gasteiger partial charge in [0.2, 0.25) is 0 Å². The van der Waals surface area contributed by atoms with Crippen molar-refractivity contribution in [2.45, 2.75) is 25.8 Å². The van der Waals surface area contributed by atoms with Crippen molar-refractivity contribution in [2.75, 3.05) is 6.54 Å². The van der Waals surface area contributed by atoms with Gasteiger partial charge in [0.25, 0.3) is 0 Å². The average Bonchev–Trinajstić information content (AvgIpc) is 2.33. The van der Waals surface area contributed by atoms with Crippen LogP contribution in [0.15, 0.2) is 49.1 Å². The third-order valence-corrected chi connectivity index (χ3v) is 2.50. The highest BCUT2D eigenvalue weighted by molar-refractivity contribution is 5.48. The van der Waals surface area contributed by atoms with Gasteiger partial charge in [-0.3, -0.25) is 0 Å². The fourth-order valence-corrected chi connectivity index (χ4v) is 1.50. The number of rotatable bonds is 7. The maximum atomic E-state index is 3.73. The lowest BCUT2D eigenvalue weighted by atomic mass is 10.2. The van der Waals surface area contributed by atoms with Crippen LogP contribution < -0.4 is 5.32 Å². The first-order valence-electron chi connectivity index (χ1n) is 5.89. The average molecular weight is 215 g/mol. The van der Waals surface area contributed by atoms with Gasteiger partial charge in [0.1, 0.15) is 0 Å². The first kappa shape index (κ1) is 12.7. The number of nitrogens with one attached hydrogen (secondary N) is 1. The van der Waals surface area contributed by atoms with E-state index in [0.29, 0.717) is 6.04 Å². The molecule has 1 aromatic carbocycles. The Morgan fingerprint density at radius 3 is 2.75 bits per heavy atom. The molecule has 0 saturated carbocycles. The van der Waals surface area contributed by atoms with Crippen molar-refractivity contribution in [3.05, 3.63) is 54.6 Å². The molecule has 0 aliphatic rings. The van der Waals surface area contributed by atoms with Crippen LogP contribution >= 0.6 is 0 Å². The van der Waals surface area contributed by atoms with Gasteiger partial charge in [0.05, 0.1) is 0 Å². The van der Waals surface area contributed by atoms with Gasteiger partial charge >= 0.3 is 0 Å². The second-order valence-corrected chi connectivity index (χ2v) is 3.99. The van der Waals surface area contributed by atoms with Crippen molar-refractivity contribution in [1.29, 1.82) is 0 Å². The lowest BCUT2D eigenvalue weighted by molar-refractivity contribution is 0.548. The molecule has 1 rings (SSSR count). The Morgan fingerprint density at radius 1 is 1.31 bits per heavy atom. The van der Waals surface area contributed by atoms with Crippen molar-refractivity contribution in [2.24, 2.45) is 0 Å². The monoisotopic (exact) mass is 215 g/mol. The van der Waals surface area contributed by atoms with Crippen molar-refractivity contribution in [1.82, 2.24) is 5.32 Å². The lowest BCUT2D eigenvalue weighted by Gasteiger charge is -2.10. The molecule has 0 aliphatic heterocycles. The molecular weight excluding hydrogens is 194 g/mol. The van der Waals surface area contributed by atoms with E-state index in [2.05, 4.69) is 55.2 Å². The molecule has 1 heteroatoms. The molecule has 0 heterocycles. The smallest absolute Gasteiger partial charge is 0.0140 e. The van der Waals surface area contributed by atoms with E-state index in [1.54, 1.807) is 0 Å². The predicted octanol–water partition coefficient (Wildman–Crippen LogP) is 3.64. The summed E-state index contributed by atoms with van der Waals surface area (Å²) >= 11 is 0. The normalized spacial score (nSPS) is 12.8. The first-order chi connectivity index (χ1) is 7.83. The van der Waals surface area contributed by atoms with Crippen LogP contribution in [-0.4, -0.2) is 12.6 Å². The summed E-state index contributed by atoms with van der Waals surface area (Å²) in [6, 6.07) is 10.9. The summed E-state index contributed by atoms with van der Waals surface area (Å²) in [6.07, 6.45) is 8.52. The lowest BCUT2D eigenvalue weighted by Crippen LogP contribution is -2.25. The summed E-state index contributed by atoms with van der Waals surface area (Å²) in [5, 5.41) is 3.45. The second-order valence-electron chi connectivity index (χ2n) is 3.99. The molecule has 0 fully saturated rings. The summed E-state index contributed by atoms with van der Waals surface area (Å²) in [4.78, 5) is 0. The zero-order chi connectivity index (χ0) is 11.6. The standard InChI is InChI=1S/C15H21N/c1-3-4-9-14(2)16-13-8-12-15-10-6-5-7-11-15/h3,5-8,10-12,14,16H,1,4,9,13H2,2H3/b12-8+. The Bertz CT molecular complexity index is 313. The molecule has 1 unspecified atom stereocenters. The SMILES string of the molecule is C=CCCC(C)NC/C=C/c1ccccc1. The zero-order valence-corrected chi connectivity index (χ0v) is 10.0. The number of benzene rings is 1. The number of hydrogen-bond donors (Lipinski definition) is 1. The van der Waals surface area contributed by atoms with Crippen molar-refractivity contribution in [3.8, 4) is 0 Å². The molecule has 86 valence electrons. The first-order valence-corrected chi connectivity index (χ1v) is 5.89. The zero-order valence-electron chi connectivity index (χ0n) is 10.0. The summed E-state index contributed by atoms with van der Waals surface area (Å²) in [5.74, 6) is 0. The van der Waals surface area contributed by atoms with Gasteiger partial charge in [-0.2, -0.15) is 0 Å². The molecule has 1 aromatic rings. The van der Waals surface area contributed by atoms with Crippen LogP contribution in [0.5, 0.6) is 0 Å². The fraction of sp³-hybridized carbons (Fsp3) is 0.333. The minimum absolute atomic E-state index is 0.554. The number of hydrogen-bond acceptors (Lipinski definition) is 1. The molecule has 0 aliphatic carbocycles. The Hall–Kier alpha value is -1.34. The molecule has 16 heavy (non-hydrogen) atoms. The van der Waals surface area contributed by atoms with Gasteiger partial charge in [0, 0.05) is 12.6 Å². The minimum Gasteiger partial charge on any atom is -0.311 e. The van der Waals surface area contributed by atoms with E-state index >= 15 is 0 Å². The summed E-state index contributed by atoms with van der Waals surface area (Å²) in [5.41, 5.74) is 1.25. The third kappa shape index (κ3) is 5.52. The summed E-state index contributed by atoms with van der Waals surface area (Å²) in [6.45, 7) is 6.86. The molecule has 1 N–H and O–H groups in total. The highest BCUT2D eigenvalue weighted by Gasteiger charge is 1.96. The van der Waals surface area contributed by atoms with Crippen LogP contribution in [0.4, 0.5) is 0 Å². The van der Waals surface area contributed by atoms with Gasteiger partial charge in [-0.05, 0) is 25.3 Å². The highest BCUT2D eigenvalue weighted by Crippen LogP contribution is 2.00. The summed E-state index contributed by atoms with van der Waals surface area (Å²) < 4.78 is 0. The van der Waals surface area contributed by atoms with Gasteiger partial charge < -0.3 is 5.32 Å². The molecule has 0 amide bonds. The molecule has 0 aromatic heterocycles. The third-order valence-electron chi connectivity index (χ3n) is 2.50. The topological polar surface area (TPSA) is 12.0 Å².